The quantitative estimate of drug-likeness (QED) is 0.444. The molecule has 0 fully saturated rings. The van der Waals surface area contributed by atoms with E-state index < -0.39 is 35.5 Å². The molecule has 0 saturated carbocycles. The Hall–Kier alpha value is -1.00. The predicted molar refractivity (Wildman–Crippen MR) is 62.9 cm³/mol. The fourth-order valence-corrected chi connectivity index (χ4v) is 1.89. The number of pyridine rings is 1. The smallest absolute Gasteiger partial charge is 0.418 e. The minimum Gasteiger partial charge on any atom is -0.461 e. The summed E-state index contributed by atoms with van der Waals surface area (Å²) in [6, 6.07) is 0.460. The van der Waals surface area contributed by atoms with Gasteiger partial charge in [-0.25, -0.2) is 18.6 Å². The first-order chi connectivity index (χ1) is 8.68. The molecule has 0 aliphatic rings. The number of nitrogens with zero attached hydrogens (tertiary/aromatic N) is 1. The summed E-state index contributed by atoms with van der Waals surface area (Å²) in [4.78, 5) is 14.5. The molecule has 0 aliphatic heterocycles. The van der Waals surface area contributed by atoms with E-state index in [1.165, 1.54) is 29.5 Å². The maximum atomic E-state index is 12.7. The van der Waals surface area contributed by atoms with Crippen molar-refractivity contribution in [2.75, 3.05) is 6.61 Å². The van der Waals surface area contributed by atoms with Crippen LogP contribution in [0.4, 0.5) is 22.0 Å². The van der Waals surface area contributed by atoms with Gasteiger partial charge in [0.05, 0.1) is 12.2 Å². The number of hydrogen-bond acceptors (Lipinski definition) is 3. The van der Waals surface area contributed by atoms with E-state index in [4.69, 9.17) is 0 Å². The van der Waals surface area contributed by atoms with E-state index in [1.54, 1.807) is 0 Å². The number of hydrogen-bond donors (Lipinski definition) is 0. The topological polar surface area (TPSA) is 39.2 Å². The number of carbonyl (C=O) groups is 1. The molecule has 0 atom stereocenters. The average Bonchev–Trinajstić information content (AvgIpc) is 2.27. The Bertz CT molecular complexity index is 490. The lowest BCUT2D eigenvalue weighted by Crippen LogP contribution is -2.19. The fourth-order valence-electron chi connectivity index (χ4n) is 1.23. The first-order valence-electron chi connectivity index (χ1n) is 4.91. The number of ether oxygens (including phenoxy) is 1. The second-order valence-electron chi connectivity index (χ2n) is 3.27. The standard InChI is InChI=1S/C10H7F5INO2/c1-2-19-9(18)6-4(10(13,14)15)3-5(16)7(17-6)8(11)12/h3,8H,2H2,1H3. The maximum Gasteiger partial charge on any atom is 0.418 e. The molecule has 0 bridgehead atoms. The molecule has 1 rings (SSSR count). The Morgan fingerprint density at radius 1 is 1.47 bits per heavy atom. The molecule has 0 unspecified atom stereocenters. The van der Waals surface area contributed by atoms with E-state index >= 15 is 0 Å². The van der Waals surface area contributed by atoms with Gasteiger partial charge in [0.25, 0.3) is 6.43 Å². The van der Waals surface area contributed by atoms with Gasteiger partial charge in [0.1, 0.15) is 5.69 Å². The van der Waals surface area contributed by atoms with E-state index in [1.807, 2.05) is 0 Å². The zero-order chi connectivity index (χ0) is 14.8. The normalized spacial score (nSPS) is 11.8. The van der Waals surface area contributed by atoms with Crippen molar-refractivity contribution in [3.63, 3.8) is 0 Å². The van der Waals surface area contributed by atoms with Gasteiger partial charge in [-0.05, 0) is 35.6 Å². The van der Waals surface area contributed by atoms with Crippen LogP contribution in [0.3, 0.4) is 0 Å². The lowest BCUT2D eigenvalue weighted by molar-refractivity contribution is -0.138. The van der Waals surface area contributed by atoms with Crippen molar-refractivity contribution in [3.8, 4) is 0 Å². The minimum atomic E-state index is -4.88. The van der Waals surface area contributed by atoms with E-state index in [0.29, 0.717) is 6.07 Å². The minimum absolute atomic E-state index is 0.187. The highest BCUT2D eigenvalue weighted by Crippen LogP contribution is 2.35. The van der Waals surface area contributed by atoms with Crippen molar-refractivity contribution in [2.45, 2.75) is 19.5 Å². The molecular formula is C10H7F5INO2. The predicted octanol–water partition coefficient (Wildman–Crippen LogP) is 3.82. The summed E-state index contributed by atoms with van der Waals surface area (Å²) in [6.45, 7) is 1.19. The van der Waals surface area contributed by atoms with Gasteiger partial charge in [-0.1, -0.05) is 0 Å². The molecule has 1 heterocycles. The second kappa shape index (κ2) is 5.97. The summed E-state index contributed by atoms with van der Waals surface area (Å²) in [5, 5.41) is 0. The van der Waals surface area contributed by atoms with Gasteiger partial charge in [-0.15, -0.1) is 0 Å². The van der Waals surface area contributed by atoms with Crippen molar-refractivity contribution >= 4 is 28.6 Å². The number of carbonyl (C=O) groups excluding carboxylic acids is 1. The van der Waals surface area contributed by atoms with Gasteiger partial charge < -0.3 is 4.74 Å². The highest BCUT2D eigenvalue weighted by molar-refractivity contribution is 14.1. The van der Waals surface area contributed by atoms with Crippen LogP contribution in [-0.4, -0.2) is 17.6 Å². The molecular weight excluding hydrogens is 388 g/mol. The fraction of sp³-hybridized carbons (Fsp3) is 0.400. The van der Waals surface area contributed by atoms with E-state index in [0.717, 1.165) is 0 Å². The van der Waals surface area contributed by atoms with Gasteiger partial charge in [-0.2, -0.15) is 13.2 Å². The van der Waals surface area contributed by atoms with Crippen LogP contribution in [0, 0.1) is 3.57 Å². The van der Waals surface area contributed by atoms with Crippen LogP contribution in [0.2, 0.25) is 0 Å². The van der Waals surface area contributed by atoms with E-state index in [-0.39, 0.29) is 10.2 Å². The number of halogens is 6. The molecule has 0 radical (unpaired) electrons. The Morgan fingerprint density at radius 2 is 2.05 bits per heavy atom. The van der Waals surface area contributed by atoms with Crippen LogP contribution in [0.25, 0.3) is 0 Å². The van der Waals surface area contributed by atoms with Gasteiger partial charge in [0, 0.05) is 3.57 Å². The summed E-state index contributed by atoms with van der Waals surface area (Å²) in [7, 11) is 0. The Labute approximate surface area is 118 Å². The zero-order valence-corrected chi connectivity index (χ0v) is 11.6. The van der Waals surface area contributed by atoms with E-state index in [2.05, 4.69) is 9.72 Å². The van der Waals surface area contributed by atoms with Crippen LogP contribution in [-0.2, 0) is 10.9 Å². The molecule has 0 amide bonds. The van der Waals surface area contributed by atoms with Gasteiger partial charge >= 0.3 is 12.1 Å². The number of alkyl halides is 5. The van der Waals surface area contributed by atoms with Crippen molar-refractivity contribution in [1.29, 1.82) is 0 Å². The molecule has 19 heavy (non-hydrogen) atoms. The maximum absolute atomic E-state index is 12.7. The monoisotopic (exact) mass is 395 g/mol. The van der Waals surface area contributed by atoms with Gasteiger partial charge in [0.15, 0.2) is 5.69 Å². The van der Waals surface area contributed by atoms with Crippen LogP contribution >= 0.6 is 22.6 Å². The second-order valence-corrected chi connectivity index (χ2v) is 4.43. The molecule has 3 nitrogen and oxygen atoms in total. The van der Waals surface area contributed by atoms with E-state index in [9.17, 15) is 26.7 Å². The molecule has 1 aromatic heterocycles. The Balaban J connectivity index is 3.46. The summed E-state index contributed by atoms with van der Waals surface area (Å²) in [6.07, 6.45) is -7.96. The highest BCUT2D eigenvalue weighted by Gasteiger charge is 2.38. The Morgan fingerprint density at radius 3 is 2.47 bits per heavy atom. The van der Waals surface area contributed by atoms with Crippen molar-refractivity contribution in [3.05, 3.63) is 26.6 Å². The van der Waals surface area contributed by atoms with Crippen LogP contribution in [0.15, 0.2) is 6.07 Å². The third-order valence-electron chi connectivity index (χ3n) is 1.98. The van der Waals surface area contributed by atoms with Crippen LogP contribution in [0.1, 0.15) is 35.1 Å². The number of rotatable bonds is 3. The molecule has 106 valence electrons. The number of esters is 1. The number of aromatic nitrogens is 1. The highest BCUT2D eigenvalue weighted by atomic mass is 127. The summed E-state index contributed by atoms with van der Waals surface area (Å²) < 4.78 is 67.4. The summed E-state index contributed by atoms with van der Waals surface area (Å²) in [5.74, 6) is -1.38. The summed E-state index contributed by atoms with van der Waals surface area (Å²) >= 11 is 1.31. The van der Waals surface area contributed by atoms with Crippen LogP contribution < -0.4 is 0 Å². The molecule has 0 N–H and O–H groups in total. The van der Waals surface area contributed by atoms with Crippen molar-refractivity contribution in [1.82, 2.24) is 4.98 Å². The molecule has 0 spiro atoms. The van der Waals surface area contributed by atoms with Gasteiger partial charge in [-0.3, -0.25) is 0 Å². The largest absolute Gasteiger partial charge is 0.461 e. The van der Waals surface area contributed by atoms with Crippen LogP contribution in [0.5, 0.6) is 0 Å². The molecule has 1 aromatic rings. The Kier molecular flexibility index (Phi) is 5.04. The molecule has 0 saturated heterocycles. The lowest BCUT2D eigenvalue weighted by atomic mass is 10.1. The molecule has 0 aromatic carbocycles. The molecule has 0 aliphatic carbocycles. The third kappa shape index (κ3) is 3.74. The van der Waals surface area contributed by atoms with Gasteiger partial charge in [0.2, 0.25) is 0 Å². The summed E-state index contributed by atoms with van der Waals surface area (Å²) in [5.41, 5.74) is -3.42. The average molecular weight is 395 g/mol. The van der Waals surface area contributed by atoms with Crippen molar-refractivity contribution in [2.24, 2.45) is 0 Å². The first kappa shape index (κ1) is 16.1. The third-order valence-corrected chi connectivity index (χ3v) is 2.85. The zero-order valence-electron chi connectivity index (χ0n) is 9.39. The SMILES string of the molecule is CCOC(=O)c1nc(C(F)F)c(I)cc1C(F)(F)F. The molecule has 9 heteroatoms. The van der Waals surface area contributed by atoms with Crippen molar-refractivity contribution < 1.29 is 31.5 Å². The first-order valence-corrected chi connectivity index (χ1v) is 5.99. The lowest BCUT2D eigenvalue weighted by Gasteiger charge is -2.13.